The summed E-state index contributed by atoms with van der Waals surface area (Å²) in [6.45, 7) is 11.6. The van der Waals surface area contributed by atoms with E-state index < -0.39 is 0 Å². The monoisotopic (exact) mass is 200 g/mol. The first-order valence-corrected chi connectivity index (χ1v) is 5.30. The van der Waals surface area contributed by atoms with Crippen LogP contribution in [-0.4, -0.2) is 23.3 Å². The van der Waals surface area contributed by atoms with E-state index in [1.807, 2.05) is 51.7 Å². The molecule has 0 aromatic carbocycles. The minimum atomic E-state index is 0.746. The molecule has 0 aliphatic rings. The highest BCUT2D eigenvalue weighted by atomic mass is 16.5. The smallest absolute Gasteiger partial charge is 0.0950 e. The Hall–Kier alpha value is -0.830. The maximum atomic E-state index is 4.91. The van der Waals surface area contributed by atoms with Gasteiger partial charge < -0.3 is 9.30 Å². The van der Waals surface area contributed by atoms with Crippen molar-refractivity contribution in [3.8, 4) is 0 Å². The maximum Gasteiger partial charge on any atom is 0.0950 e. The van der Waals surface area contributed by atoms with Crippen LogP contribution in [0.25, 0.3) is 0 Å². The Morgan fingerprint density at radius 3 is 2.21 bits per heavy atom. The first-order chi connectivity index (χ1) is 6.83. The molecule has 3 nitrogen and oxygen atoms in total. The molecule has 84 valence electrons. The summed E-state index contributed by atoms with van der Waals surface area (Å²) in [5.74, 6) is 0. The Morgan fingerprint density at radius 2 is 1.86 bits per heavy atom. The molecule has 14 heavy (non-hydrogen) atoms. The fourth-order valence-corrected chi connectivity index (χ4v) is 0.791. The Bertz CT molecular complexity index is 197. The van der Waals surface area contributed by atoms with Crippen molar-refractivity contribution in [2.24, 2.45) is 0 Å². The van der Waals surface area contributed by atoms with Crippen LogP contribution < -0.4 is 0 Å². The summed E-state index contributed by atoms with van der Waals surface area (Å²) in [5.41, 5.74) is 1.05. The molecule has 0 bridgehead atoms. The maximum absolute atomic E-state index is 4.91. The van der Waals surface area contributed by atoms with Crippen LogP contribution in [0.2, 0.25) is 0 Å². The molecule has 0 atom stereocenters. The zero-order chi connectivity index (χ0) is 11.4. The lowest BCUT2D eigenvalue weighted by Gasteiger charge is -1.97. The van der Waals surface area contributed by atoms with Crippen molar-refractivity contribution < 1.29 is 4.74 Å². The van der Waals surface area contributed by atoms with Gasteiger partial charge in [0, 0.05) is 19.9 Å². The zero-order valence-electron chi connectivity index (χ0n) is 10.4. The molecule has 0 spiro atoms. The minimum absolute atomic E-state index is 0.746. The molecular weight excluding hydrogens is 176 g/mol. The van der Waals surface area contributed by atoms with Crippen LogP contribution in [0.4, 0.5) is 0 Å². The molecule has 1 aromatic rings. The van der Waals surface area contributed by atoms with Crippen LogP contribution in [0.3, 0.4) is 0 Å². The average Bonchev–Trinajstić information content (AvgIpc) is 2.67. The van der Waals surface area contributed by atoms with E-state index in [0.717, 1.165) is 18.8 Å². The lowest BCUT2D eigenvalue weighted by Crippen LogP contribution is -2.00. The molecule has 0 unspecified atom stereocenters. The van der Waals surface area contributed by atoms with Crippen LogP contribution in [-0.2, 0) is 11.3 Å². The van der Waals surface area contributed by atoms with E-state index in [4.69, 9.17) is 4.74 Å². The zero-order valence-corrected chi connectivity index (χ0v) is 10.4. The van der Waals surface area contributed by atoms with Crippen LogP contribution in [0, 0.1) is 6.92 Å². The summed E-state index contributed by atoms with van der Waals surface area (Å²) in [6, 6.07) is 0. The number of methoxy groups -OCH3 is 1. The third kappa shape index (κ3) is 7.80. The fourth-order valence-electron chi connectivity index (χ4n) is 0.791. The molecule has 0 radical (unpaired) electrons. The van der Waals surface area contributed by atoms with Gasteiger partial charge in [0.2, 0.25) is 0 Å². The van der Waals surface area contributed by atoms with E-state index in [1.165, 1.54) is 0 Å². The highest BCUT2D eigenvalue weighted by Crippen LogP contribution is 1.92. The summed E-state index contributed by atoms with van der Waals surface area (Å²) in [4.78, 5) is 4.08. The third-order valence-corrected chi connectivity index (χ3v) is 1.32. The van der Waals surface area contributed by atoms with Gasteiger partial charge in [-0.15, -0.1) is 0 Å². The number of rotatable bonds is 3. The van der Waals surface area contributed by atoms with Gasteiger partial charge in [-0.2, -0.15) is 0 Å². The Balaban J connectivity index is 0. The molecular formula is C11H24N2O. The Morgan fingerprint density at radius 1 is 1.29 bits per heavy atom. The predicted octanol–water partition coefficient (Wildman–Crippen LogP) is 2.89. The molecule has 0 N–H and O–H groups in total. The molecule has 0 amide bonds. The van der Waals surface area contributed by atoms with Crippen LogP contribution in [0.1, 0.15) is 33.4 Å². The second kappa shape index (κ2) is 12.2. The van der Waals surface area contributed by atoms with Crippen LogP contribution in [0.5, 0.6) is 0 Å². The number of aryl methyl sites for hydroxylation is 1. The number of ether oxygens (including phenoxy) is 1. The highest BCUT2D eigenvalue weighted by Gasteiger charge is 1.90. The van der Waals surface area contributed by atoms with Crippen molar-refractivity contribution in [1.82, 2.24) is 9.55 Å². The quantitative estimate of drug-likeness (QED) is 0.750. The molecule has 0 aliphatic carbocycles. The molecule has 1 heterocycles. The Labute approximate surface area is 88.1 Å². The summed E-state index contributed by atoms with van der Waals surface area (Å²) < 4.78 is 6.92. The van der Waals surface area contributed by atoms with Gasteiger partial charge in [-0.3, -0.25) is 0 Å². The van der Waals surface area contributed by atoms with Gasteiger partial charge in [0.1, 0.15) is 0 Å². The molecule has 3 heteroatoms. The molecule has 0 aliphatic heterocycles. The standard InChI is InChI=1S/C7H12N2O.2C2H6/c1-7-5-9(6-8-7)3-4-10-2;2*1-2/h5-6H,3-4H2,1-2H3;2*1-2H3. The average molecular weight is 200 g/mol. The highest BCUT2D eigenvalue weighted by molar-refractivity contribution is 4.91. The van der Waals surface area contributed by atoms with Gasteiger partial charge in [0.15, 0.2) is 0 Å². The van der Waals surface area contributed by atoms with Gasteiger partial charge >= 0.3 is 0 Å². The normalized spacial score (nSPS) is 8.14. The van der Waals surface area contributed by atoms with E-state index in [2.05, 4.69) is 4.98 Å². The largest absolute Gasteiger partial charge is 0.383 e. The van der Waals surface area contributed by atoms with E-state index in [1.54, 1.807) is 7.11 Å². The van der Waals surface area contributed by atoms with Gasteiger partial charge in [0.05, 0.1) is 18.6 Å². The SMILES string of the molecule is CC.CC.COCCn1cnc(C)c1. The van der Waals surface area contributed by atoms with Crippen molar-refractivity contribution in [3.63, 3.8) is 0 Å². The summed E-state index contributed by atoms with van der Waals surface area (Å²) in [5, 5.41) is 0. The van der Waals surface area contributed by atoms with Gasteiger partial charge in [0.25, 0.3) is 0 Å². The summed E-state index contributed by atoms with van der Waals surface area (Å²) in [7, 11) is 1.70. The van der Waals surface area contributed by atoms with Gasteiger partial charge in [-0.25, -0.2) is 4.98 Å². The number of imidazole rings is 1. The fraction of sp³-hybridized carbons (Fsp3) is 0.727. The Kier molecular flexibility index (Phi) is 13.6. The first kappa shape index (κ1) is 15.6. The van der Waals surface area contributed by atoms with Crippen molar-refractivity contribution in [1.29, 1.82) is 0 Å². The van der Waals surface area contributed by atoms with Gasteiger partial charge in [-0.1, -0.05) is 27.7 Å². The van der Waals surface area contributed by atoms with Crippen molar-refractivity contribution >= 4 is 0 Å². The number of aromatic nitrogens is 2. The molecule has 1 rings (SSSR count). The van der Waals surface area contributed by atoms with Gasteiger partial charge in [-0.05, 0) is 6.92 Å². The predicted molar refractivity (Wildman–Crippen MR) is 61.5 cm³/mol. The molecule has 0 fully saturated rings. The van der Waals surface area contributed by atoms with Crippen molar-refractivity contribution in [2.75, 3.05) is 13.7 Å². The topological polar surface area (TPSA) is 27.1 Å². The number of hydrogen-bond acceptors (Lipinski definition) is 2. The lowest BCUT2D eigenvalue weighted by molar-refractivity contribution is 0.187. The number of hydrogen-bond donors (Lipinski definition) is 0. The van der Waals surface area contributed by atoms with E-state index in [0.29, 0.717) is 0 Å². The number of nitrogens with zero attached hydrogens (tertiary/aromatic N) is 2. The first-order valence-electron chi connectivity index (χ1n) is 5.30. The van der Waals surface area contributed by atoms with Crippen molar-refractivity contribution in [2.45, 2.75) is 41.2 Å². The minimum Gasteiger partial charge on any atom is -0.383 e. The van der Waals surface area contributed by atoms with Crippen molar-refractivity contribution in [3.05, 3.63) is 18.2 Å². The second-order valence-corrected chi connectivity index (χ2v) is 2.25. The molecule has 0 saturated carbocycles. The van der Waals surface area contributed by atoms with E-state index in [9.17, 15) is 0 Å². The van der Waals surface area contributed by atoms with E-state index >= 15 is 0 Å². The third-order valence-electron chi connectivity index (χ3n) is 1.32. The van der Waals surface area contributed by atoms with E-state index in [-0.39, 0.29) is 0 Å². The summed E-state index contributed by atoms with van der Waals surface area (Å²) >= 11 is 0. The second-order valence-electron chi connectivity index (χ2n) is 2.25. The van der Waals surface area contributed by atoms with Crippen LogP contribution in [0.15, 0.2) is 12.5 Å². The molecule has 1 aromatic heterocycles. The van der Waals surface area contributed by atoms with Crippen LogP contribution >= 0.6 is 0 Å². The summed E-state index contributed by atoms with van der Waals surface area (Å²) in [6.07, 6.45) is 3.81. The lowest BCUT2D eigenvalue weighted by atomic mass is 10.5. The molecule has 0 saturated heterocycles.